The Hall–Kier alpha value is -1.28. The number of benzene rings is 1. The van der Waals surface area contributed by atoms with E-state index in [-0.39, 0.29) is 5.60 Å². The Labute approximate surface area is 108 Å². The molecule has 1 N–H and O–H groups in total. The predicted octanol–water partition coefficient (Wildman–Crippen LogP) is 3.18. The molecule has 18 heavy (non-hydrogen) atoms. The Bertz CT molecular complexity index is 528. The Morgan fingerprint density at radius 3 is 2.94 bits per heavy atom. The van der Waals surface area contributed by atoms with Gasteiger partial charge in [0, 0.05) is 12.2 Å². The fourth-order valence-electron chi connectivity index (χ4n) is 3.09. The van der Waals surface area contributed by atoms with Gasteiger partial charge in [-0.15, -0.1) is 0 Å². The summed E-state index contributed by atoms with van der Waals surface area (Å²) in [7, 11) is 0. The fraction of sp³-hybridized carbons (Fsp3) is 0.500. The molecular formula is C16H19NO. The van der Waals surface area contributed by atoms with Crippen LogP contribution in [-0.4, -0.2) is 6.54 Å². The van der Waals surface area contributed by atoms with Crippen LogP contribution in [0.15, 0.2) is 24.3 Å². The van der Waals surface area contributed by atoms with Gasteiger partial charge in [0.2, 0.25) is 0 Å². The molecule has 94 valence electrons. The van der Waals surface area contributed by atoms with Gasteiger partial charge >= 0.3 is 0 Å². The molecule has 0 bridgehead atoms. The first-order valence-corrected chi connectivity index (χ1v) is 6.99. The molecule has 2 heterocycles. The molecule has 2 nitrogen and oxygen atoms in total. The van der Waals surface area contributed by atoms with Crippen LogP contribution in [0.4, 0.5) is 0 Å². The van der Waals surface area contributed by atoms with Gasteiger partial charge in [-0.05, 0) is 47.9 Å². The summed E-state index contributed by atoms with van der Waals surface area (Å²) in [5, 5.41) is 3.54. The Balaban J connectivity index is 1.71. The van der Waals surface area contributed by atoms with E-state index in [4.69, 9.17) is 4.74 Å². The maximum atomic E-state index is 5.94. The van der Waals surface area contributed by atoms with Crippen molar-refractivity contribution in [2.45, 2.75) is 38.4 Å². The lowest BCUT2D eigenvalue weighted by atomic mass is 9.96. The van der Waals surface area contributed by atoms with Crippen molar-refractivity contribution in [2.24, 2.45) is 5.92 Å². The molecule has 1 aliphatic carbocycles. The average Bonchev–Trinajstić information content (AvgIpc) is 3.09. The molecular weight excluding hydrogens is 222 g/mol. The molecule has 1 spiro atoms. The van der Waals surface area contributed by atoms with E-state index in [0.717, 1.165) is 19.1 Å². The Morgan fingerprint density at radius 1 is 1.33 bits per heavy atom. The topological polar surface area (TPSA) is 21.3 Å². The number of hydrogen-bond acceptors (Lipinski definition) is 2. The maximum absolute atomic E-state index is 5.94. The second-order valence-corrected chi connectivity index (χ2v) is 5.99. The largest absolute Gasteiger partial charge is 0.385 e. The monoisotopic (exact) mass is 241 g/mol. The lowest BCUT2D eigenvalue weighted by Crippen LogP contribution is -2.24. The first kappa shape index (κ1) is 10.6. The molecule has 2 heteroatoms. The van der Waals surface area contributed by atoms with Crippen LogP contribution >= 0.6 is 0 Å². The minimum absolute atomic E-state index is 0.105. The van der Waals surface area contributed by atoms with E-state index in [1.165, 1.54) is 41.6 Å². The quantitative estimate of drug-likeness (QED) is 0.815. The summed E-state index contributed by atoms with van der Waals surface area (Å²) in [5.41, 5.74) is 5.58. The number of ether oxygens (including phenoxy) is 1. The third-order valence-electron chi connectivity index (χ3n) is 4.49. The Kier molecular flexibility index (Phi) is 2.13. The fourth-order valence-corrected chi connectivity index (χ4v) is 3.09. The van der Waals surface area contributed by atoms with Crippen molar-refractivity contribution in [3.63, 3.8) is 0 Å². The maximum Gasteiger partial charge on any atom is 0.0942 e. The van der Waals surface area contributed by atoms with Crippen LogP contribution in [0.25, 0.3) is 5.70 Å². The molecule has 0 radical (unpaired) electrons. The van der Waals surface area contributed by atoms with Gasteiger partial charge in [0.15, 0.2) is 0 Å². The van der Waals surface area contributed by atoms with E-state index in [1.807, 2.05) is 0 Å². The van der Waals surface area contributed by atoms with E-state index in [9.17, 15) is 0 Å². The first-order chi connectivity index (χ1) is 8.77. The summed E-state index contributed by atoms with van der Waals surface area (Å²) >= 11 is 0. The second-order valence-electron chi connectivity index (χ2n) is 5.99. The molecule has 1 aromatic rings. The van der Waals surface area contributed by atoms with Crippen molar-refractivity contribution in [2.75, 3.05) is 6.54 Å². The standard InChI is InChI=1S/C16H19NO/c1-11-2-5-15(17-9-11)12-3-4-13-10-18-16(6-7-16)14(13)8-12/h3-5,8,11,17H,2,6-7,9-10H2,1H3. The minimum Gasteiger partial charge on any atom is -0.385 e. The van der Waals surface area contributed by atoms with Crippen LogP contribution in [0, 0.1) is 5.92 Å². The van der Waals surface area contributed by atoms with E-state index in [1.54, 1.807) is 0 Å². The van der Waals surface area contributed by atoms with Gasteiger partial charge in [0.1, 0.15) is 0 Å². The van der Waals surface area contributed by atoms with Crippen LogP contribution in [0.5, 0.6) is 0 Å². The van der Waals surface area contributed by atoms with E-state index in [0.29, 0.717) is 0 Å². The van der Waals surface area contributed by atoms with Gasteiger partial charge in [-0.1, -0.05) is 25.1 Å². The number of nitrogens with one attached hydrogen (secondary N) is 1. The van der Waals surface area contributed by atoms with Crippen molar-refractivity contribution in [3.05, 3.63) is 41.0 Å². The van der Waals surface area contributed by atoms with Crippen molar-refractivity contribution in [3.8, 4) is 0 Å². The van der Waals surface area contributed by atoms with Gasteiger partial charge in [0.25, 0.3) is 0 Å². The molecule has 0 amide bonds. The van der Waals surface area contributed by atoms with Crippen LogP contribution in [0.2, 0.25) is 0 Å². The molecule has 2 aliphatic heterocycles. The molecule has 1 aromatic carbocycles. The highest BCUT2D eigenvalue weighted by molar-refractivity contribution is 5.66. The molecule has 3 aliphatic rings. The van der Waals surface area contributed by atoms with Crippen LogP contribution in [0.1, 0.15) is 42.9 Å². The molecule has 1 atom stereocenters. The van der Waals surface area contributed by atoms with E-state index >= 15 is 0 Å². The summed E-state index contributed by atoms with van der Waals surface area (Å²) in [4.78, 5) is 0. The van der Waals surface area contributed by atoms with Crippen LogP contribution in [-0.2, 0) is 16.9 Å². The summed E-state index contributed by atoms with van der Waals surface area (Å²) in [6.45, 7) is 4.18. The molecule has 4 rings (SSSR count). The van der Waals surface area contributed by atoms with Gasteiger partial charge < -0.3 is 10.1 Å². The van der Waals surface area contributed by atoms with Crippen molar-refractivity contribution in [1.82, 2.24) is 5.32 Å². The molecule has 0 saturated heterocycles. The van der Waals surface area contributed by atoms with E-state index < -0.39 is 0 Å². The highest BCUT2D eigenvalue weighted by Crippen LogP contribution is 2.55. The number of hydrogen-bond donors (Lipinski definition) is 1. The van der Waals surface area contributed by atoms with Gasteiger partial charge in [-0.25, -0.2) is 0 Å². The SMILES string of the molecule is CC1CC=C(c2ccc3c(c2)C2(CC2)OC3)NC1. The van der Waals surface area contributed by atoms with Gasteiger partial charge in [-0.2, -0.15) is 0 Å². The lowest BCUT2D eigenvalue weighted by Gasteiger charge is -2.21. The number of rotatable bonds is 1. The second kappa shape index (κ2) is 3.61. The molecule has 0 aromatic heterocycles. The predicted molar refractivity (Wildman–Crippen MR) is 71.9 cm³/mol. The smallest absolute Gasteiger partial charge is 0.0942 e. The summed E-state index contributed by atoms with van der Waals surface area (Å²) in [5.74, 6) is 0.751. The zero-order valence-electron chi connectivity index (χ0n) is 10.8. The van der Waals surface area contributed by atoms with Crippen molar-refractivity contribution in [1.29, 1.82) is 0 Å². The highest BCUT2D eigenvalue weighted by atomic mass is 16.5. The Morgan fingerprint density at radius 2 is 2.22 bits per heavy atom. The highest BCUT2D eigenvalue weighted by Gasteiger charge is 2.50. The number of allylic oxidation sites excluding steroid dienone is 1. The lowest BCUT2D eigenvalue weighted by molar-refractivity contribution is 0.0442. The van der Waals surface area contributed by atoms with Gasteiger partial charge in [0.05, 0.1) is 12.2 Å². The molecule has 1 saturated carbocycles. The average molecular weight is 241 g/mol. The third kappa shape index (κ3) is 1.52. The summed E-state index contributed by atoms with van der Waals surface area (Å²) in [6.07, 6.45) is 5.92. The third-order valence-corrected chi connectivity index (χ3v) is 4.49. The van der Waals surface area contributed by atoms with Crippen molar-refractivity contribution < 1.29 is 4.74 Å². The van der Waals surface area contributed by atoms with Gasteiger partial charge in [-0.3, -0.25) is 0 Å². The number of fused-ring (bicyclic) bond motifs is 2. The van der Waals surface area contributed by atoms with Crippen LogP contribution < -0.4 is 5.32 Å². The summed E-state index contributed by atoms with van der Waals surface area (Å²) in [6, 6.07) is 6.83. The zero-order valence-corrected chi connectivity index (χ0v) is 10.8. The first-order valence-electron chi connectivity index (χ1n) is 6.99. The zero-order chi connectivity index (χ0) is 12.2. The summed E-state index contributed by atoms with van der Waals surface area (Å²) < 4.78 is 5.94. The van der Waals surface area contributed by atoms with Crippen LogP contribution in [0.3, 0.4) is 0 Å². The van der Waals surface area contributed by atoms with E-state index in [2.05, 4.69) is 36.5 Å². The molecule has 1 fully saturated rings. The van der Waals surface area contributed by atoms with Crippen molar-refractivity contribution >= 4 is 5.70 Å². The molecule has 1 unspecified atom stereocenters. The minimum atomic E-state index is 0.105. The normalized spacial score (nSPS) is 27.6.